The van der Waals surface area contributed by atoms with Gasteiger partial charge in [0.2, 0.25) is 5.91 Å². The van der Waals surface area contributed by atoms with E-state index in [-0.39, 0.29) is 34.8 Å². The van der Waals surface area contributed by atoms with Crippen molar-refractivity contribution in [1.29, 1.82) is 5.26 Å². The zero-order valence-electron chi connectivity index (χ0n) is 24.2. The fraction of sp³-hybridized carbons (Fsp3) is 0.484. The molecule has 1 aliphatic heterocycles. The van der Waals surface area contributed by atoms with Gasteiger partial charge in [0, 0.05) is 22.6 Å². The van der Waals surface area contributed by atoms with Crippen molar-refractivity contribution in [2.75, 3.05) is 0 Å². The predicted molar refractivity (Wildman–Crippen MR) is 157 cm³/mol. The monoisotopic (exact) mass is 590 g/mol. The molecule has 0 spiro atoms. The molecule has 1 saturated carbocycles. The minimum Gasteiger partial charge on any atom is -0.450 e. The molecule has 5 rings (SSSR count). The lowest BCUT2D eigenvalue weighted by molar-refractivity contribution is -0.141. The van der Waals surface area contributed by atoms with Gasteiger partial charge in [-0.1, -0.05) is 37.1 Å². The number of carbonyl (C=O) groups is 2. The third kappa shape index (κ3) is 5.45. The maximum absolute atomic E-state index is 14.1. The van der Waals surface area contributed by atoms with E-state index in [1.54, 1.807) is 26.8 Å². The van der Waals surface area contributed by atoms with Gasteiger partial charge in [-0.15, -0.1) is 0 Å². The second kappa shape index (κ2) is 11.4. The number of amides is 2. The molecular weight excluding hydrogens is 556 g/mol. The molecule has 1 unspecified atom stereocenters. The molecule has 2 amide bonds. The molecule has 0 radical (unpaired) electrons. The van der Waals surface area contributed by atoms with Crippen LogP contribution in [-0.2, 0) is 4.79 Å². The van der Waals surface area contributed by atoms with E-state index in [0.29, 0.717) is 22.2 Å². The van der Waals surface area contributed by atoms with Gasteiger partial charge in [-0.25, -0.2) is 10.1 Å². The number of aromatic nitrogens is 3. The molecule has 3 heterocycles. The van der Waals surface area contributed by atoms with Crippen LogP contribution in [0.25, 0.3) is 0 Å². The highest BCUT2D eigenvalue weighted by Gasteiger charge is 2.56. The number of aromatic amines is 1. The van der Waals surface area contributed by atoms with Gasteiger partial charge in [-0.3, -0.25) is 14.4 Å². The Kier molecular flexibility index (Phi) is 7.99. The number of likely N-dealkylation sites (tertiary alicyclic amines) is 1. The largest absolute Gasteiger partial charge is 0.450 e. The van der Waals surface area contributed by atoms with Crippen LogP contribution in [0.1, 0.15) is 74.2 Å². The van der Waals surface area contributed by atoms with E-state index in [0.717, 1.165) is 38.5 Å². The molecule has 3 aliphatic rings. The Labute approximate surface area is 249 Å². The van der Waals surface area contributed by atoms with Crippen LogP contribution in [0, 0.1) is 36.0 Å². The number of nitrogens with zero attached hydrogens (tertiary/aromatic N) is 4. The van der Waals surface area contributed by atoms with E-state index >= 15 is 0 Å². The molecule has 0 aromatic carbocycles. The molecule has 2 fully saturated rings. The number of aryl methyl sites for hydroxylation is 2. The number of carbonyl (C=O) groups excluding carboxylic acids is 2. The summed E-state index contributed by atoms with van der Waals surface area (Å²) in [4.78, 5) is 45.7. The molecule has 1 saturated heterocycles. The quantitative estimate of drug-likeness (QED) is 0.470. The van der Waals surface area contributed by atoms with Crippen molar-refractivity contribution < 1.29 is 14.3 Å². The molecule has 2 aliphatic carbocycles. The SMILES string of the molecule is Cc1cc(Oc2ccc(C(=O)N[C@H](C)C(=O)N3[C@H](C4(C)C=C(Cl)C=CC4)CC[C@@H]3C3(C#N)CCC3)nc2C)c(=O)[nH]n1. The number of hydrogen-bond acceptors (Lipinski definition) is 7. The summed E-state index contributed by atoms with van der Waals surface area (Å²) in [6.45, 7) is 7.16. The molecule has 10 nitrogen and oxygen atoms in total. The van der Waals surface area contributed by atoms with Gasteiger partial charge in [-0.05, 0) is 71.1 Å². The van der Waals surface area contributed by atoms with Crippen molar-refractivity contribution in [1.82, 2.24) is 25.4 Å². The second-order valence-electron chi connectivity index (χ2n) is 11.9. The van der Waals surface area contributed by atoms with E-state index in [1.165, 1.54) is 12.1 Å². The summed E-state index contributed by atoms with van der Waals surface area (Å²) in [6, 6.07) is 5.87. The van der Waals surface area contributed by atoms with E-state index in [1.807, 2.05) is 23.1 Å². The number of hydrogen-bond donors (Lipinski definition) is 2. The third-order valence-corrected chi connectivity index (χ3v) is 9.15. The molecule has 2 aromatic rings. The van der Waals surface area contributed by atoms with Gasteiger partial charge >= 0.3 is 5.56 Å². The highest BCUT2D eigenvalue weighted by Crippen LogP contribution is 2.53. The summed E-state index contributed by atoms with van der Waals surface area (Å²) in [5.74, 6) is -0.345. The number of nitrogens with one attached hydrogen (secondary N) is 2. The van der Waals surface area contributed by atoms with Crippen molar-refractivity contribution >= 4 is 23.4 Å². The molecule has 42 heavy (non-hydrogen) atoms. The fourth-order valence-electron chi connectivity index (χ4n) is 6.48. The number of rotatable bonds is 7. The van der Waals surface area contributed by atoms with Crippen LogP contribution >= 0.6 is 11.6 Å². The molecule has 4 atom stereocenters. The lowest BCUT2D eigenvalue weighted by atomic mass is 9.64. The fourth-order valence-corrected chi connectivity index (χ4v) is 6.82. The number of halogens is 1. The van der Waals surface area contributed by atoms with Gasteiger partial charge in [-0.2, -0.15) is 10.4 Å². The van der Waals surface area contributed by atoms with Crippen LogP contribution in [-0.4, -0.2) is 50.0 Å². The van der Waals surface area contributed by atoms with Gasteiger partial charge in [0.25, 0.3) is 5.91 Å². The maximum Gasteiger partial charge on any atom is 0.307 e. The maximum atomic E-state index is 14.1. The zero-order valence-corrected chi connectivity index (χ0v) is 25.0. The number of allylic oxidation sites excluding steroid dienone is 3. The lowest BCUT2D eigenvalue weighted by Gasteiger charge is -2.48. The van der Waals surface area contributed by atoms with Gasteiger partial charge < -0.3 is 15.0 Å². The molecule has 2 N–H and O–H groups in total. The predicted octanol–water partition coefficient (Wildman–Crippen LogP) is 4.83. The first-order valence-corrected chi connectivity index (χ1v) is 14.7. The topological polar surface area (TPSA) is 141 Å². The Hall–Kier alpha value is -3.97. The molecular formula is C31H35ClN6O4. The van der Waals surface area contributed by atoms with Crippen molar-refractivity contribution in [3.05, 3.63) is 68.9 Å². The summed E-state index contributed by atoms with van der Waals surface area (Å²) in [7, 11) is 0. The first kappa shape index (κ1) is 29.5. The average Bonchev–Trinajstić information content (AvgIpc) is 3.37. The minimum atomic E-state index is -0.852. The number of ether oxygens (including phenoxy) is 1. The van der Waals surface area contributed by atoms with E-state index < -0.39 is 22.9 Å². The van der Waals surface area contributed by atoms with Crippen LogP contribution in [0.2, 0.25) is 0 Å². The van der Waals surface area contributed by atoms with Crippen LogP contribution in [0.15, 0.2) is 46.3 Å². The van der Waals surface area contributed by atoms with Gasteiger partial charge in [0.15, 0.2) is 5.75 Å². The summed E-state index contributed by atoms with van der Waals surface area (Å²) in [6.07, 6.45) is 10.6. The Morgan fingerprint density at radius 1 is 1.24 bits per heavy atom. The van der Waals surface area contributed by atoms with E-state index in [4.69, 9.17) is 16.3 Å². The Bertz CT molecular complexity index is 1570. The summed E-state index contributed by atoms with van der Waals surface area (Å²) in [5.41, 5.74) is -0.337. The molecule has 2 aromatic heterocycles. The Morgan fingerprint density at radius 3 is 2.62 bits per heavy atom. The third-order valence-electron chi connectivity index (χ3n) is 8.91. The molecule has 0 bridgehead atoms. The Morgan fingerprint density at radius 2 is 1.98 bits per heavy atom. The second-order valence-corrected chi connectivity index (χ2v) is 12.3. The Balaban J connectivity index is 1.35. The van der Waals surface area contributed by atoms with Gasteiger partial charge in [0.1, 0.15) is 17.5 Å². The highest BCUT2D eigenvalue weighted by atomic mass is 35.5. The van der Waals surface area contributed by atoms with Crippen LogP contribution in [0.3, 0.4) is 0 Å². The molecule has 11 heteroatoms. The lowest BCUT2D eigenvalue weighted by Crippen LogP contribution is -2.59. The van der Waals surface area contributed by atoms with Crippen molar-refractivity contribution in [3.8, 4) is 17.6 Å². The number of nitriles is 1. The first-order valence-electron chi connectivity index (χ1n) is 14.3. The van der Waals surface area contributed by atoms with Crippen LogP contribution < -0.4 is 15.6 Å². The van der Waals surface area contributed by atoms with Crippen LogP contribution in [0.5, 0.6) is 11.5 Å². The highest BCUT2D eigenvalue weighted by molar-refractivity contribution is 6.31. The number of H-pyrrole nitrogens is 1. The van der Waals surface area contributed by atoms with Crippen LogP contribution in [0.4, 0.5) is 0 Å². The standard InChI is InChI=1S/C31H35ClN6O4/c1-18-15-24(28(40)37-36-18)42-23-9-8-22(34-19(23)2)27(39)35-20(3)29(41)38-25(30(4)12-5-7-21(32)16-30)10-11-26(38)31(17-33)13-6-14-31/h5,7-9,15-16,20,25-26H,6,10-14H2,1-4H3,(H,35,39)(H,37,40)/t20-,25+,26-,30?/m1/s1. The first-order chi connectivity index (χ1) is 20.0. The van der Waals surface area contributed by atoms with Crippen molar-refractivity contribution in [3.63, 3.8) is 0 Å². The van der Waals surface area contributed by atoms with Crippen molar-refractivity contribution in [2.45, 2.75) is 84.3 Å². The van der Waals surface area contributed by atoms with E-state index in [9.17, 15) is 19.6 Å². The normalized spacial score (nSPS) is 25.1. The molecule has 220 valence electrons. The summed E-state index contributed by atoms with van der Waals surface area (Å²) in [5, 5.41) is 19.8. The number of pyridine rings is 1. The van der Waals surface area contributed by atoms with E-state index in [2.05, 4.69) is 33.5 Å². The minimum absolute atomic E-state index is 0.0680. The summed E-state index contributed by atoms with van der Waals surface area (Å²) >= 11 is 6.41. The van der Waals surface area contributed by atoms with Gasteiger partial charge in [0.05, 0.1) is 28.9 Å². The zero-order chi connectivity index (χ0) is 30.2. The smallest absolute Gasteiger partial charge is 0.307 e. The van der Waals surface area contributed by atoms with Crippen molar-refractivity contribution in [2.24, 2.45) is 10.8 Å². The summed E-state index contributed by atoms with van der Waals surface area (Å²) < 4.78 is 5.72. The average molecular weight is 591 g/mol.